The molecule has 1 N–H and O–H groups in total. The summed E-state index contributed by atoms with van der Waals surface area (Å²) in [5.41, 5.74) is 4.51. The van der Waals surface area contributed by atoms with Crippen molar-refractivity contribution in [2.75, 3.05) is 4.72 Å². The fourth-order valence-corrected chi connectivity index (χ4v) is 4.83. The molecule has 0 aliphatic rings. The Kier molecular flexibility index (Phi) is 4.67. The Hall–Kier alpha value is -3.78. The summed E-state index contributed by atoms with van der Waals surface area (Å²) in [4.78, 5) is 0.213. The number of benzene rings is 3. The van der Waals surface area contributed by atoms with Gasteiger partial charge < -0.3 is 0 Å². The number of aromatic nitrogens is 4. The molecule has 0 bridgehead atoms. The molecule has 0 atom stereocenters. The van der Waals surface area contributed by atoms with Crippen molar-refractivity contribution < 1.29 is 8.42 Å². The number of hydrogen-bond donors (Lipinski definition) is 1. The Morgan fingerprint density at radius 3 is 2.31 bits per heavy atom. The maximum absolute atomic E-state index is 12.9. The van der Waals surface area contributed by atoms with Crippen LogP contribution in [0.4, 0.5) is 5.69 Å². The summed E-state index contributed by atoms with van der Waals surface area (Å²) >= 11 is 0. The number of fused-ring (bicyclic) bond motifs is 3. The molecule has 0 saturated carbocycles. The highest BCUT2D eigenvalue weighted by atomic mass is 32.2. The normalized spacial score (nSPS) is 11.8. The maximum Gasteiger partial charge on any atom is 0.261 e. The lowest BCUT2D eigenvalue weighted by atomic mass is 10.1. The van der Waals surface area contributed by atoms with Gasteiger partial charge in [0, 0.05) is 16.3 Å². The SMILES string of the molecule is Cc1ccc(S(=O)(=O)Nc2cc(-c3nnc4c5ccccc5c(C)nn34)ccc2C)cc1. The Balaban J connectivity index is 1.60. The van der Waals surface area contributed by atoms with Crippen LogP contribution in [0.2, 0.25) is 0 Å². The molecule has 0 aliphatic carbocycles. The minimum Gasteiger partial charge on any atom is -0.279 e. The third-order valence-corrected chi connectivity index (χ3v) is 6.90. The van der Waals surface area contributed by atoms with Crippen molar-refractivity contribution in [3.63, 3.8) is 0 Å². The van der Waals surface area contributed by atoms with Crippen LogP contribution < -0.4 is 4.72 Å². The predicted molar refractivity (Wildman–Crippen MR) is 125 cm³/mol. The van der Waals surface area contributed by atoms with E-state index in [1.54, 1.807) is 34.8 Å². The van der Waals surface area contributed by atoms with Crippen molar-refractivity contribution >= 4 is 32.1 Å². The number of hydrogen-bond acceptors (Lipinski definition) is 5. The summed E-state index contributed by atoms with van der Waals surface area (Å²) in [5, 5.41) is 15.4. The fraction of sp³-hybridized carbons (Fsp3) is 0.125. The lowest BCUT2D eigenvalue weighted by molar-refractivity contribution is 0.601. The van der Waals surface area contributed by atoms with Crippen molar-refractivity contribution in [1.82, 2.24) is 19.8 Å². The molecule has 2 aromatic heterocycles. The number of aryl methyl sites for hydroxylation is 3. The van der Waals surface area contributed by atoms with Crippen LogP contribution in [0.3, 0.4) is 0 Å². The highest BCUT2D eigenvalue weighted by molar-refractivity contribution is 7.92. The van der Waals surface area contributed by atoms with Gasteiger partial charge in [-0.15, -0.1) is 10.2 Å². The minimum absolute atomic E-state index is 0.213. The molecule has 8 heteroatoms. The molecule has 0 aliphatic heterocycles. The van der Waals surface area contributed by atoms with Gasteiger partial charge in [-0.1, -0.05) is 54.1 Å². The molecular formula is C24H21N5O2S. The molecule has 7 nitrogen and oxygen atoms in total. The van der Waals surface area contributed by atoms with Crippen LogP contribution in [-0.2, 0) is 10.0 Å². The number of nitrogens with one attached hydrogen (secondary N) is 1. The van der Waals surface area contributed by atoms with E-state index in [1.807, 2.05) is 57.2 Å². The summed E-state index contributed by atoms with van der Waals surface area (Å²) < 4.78 is 30.2. The van der Waals surface area contributed by atoms with E-state index >= 15 is 0 Å². The van der Waals surface area contributed by atoms with E-state index in [1.165, 1.54) is 0 Å². The van der Waals surface area contributed by atoms with Crippen molar-refractivity contribution in [3.8, 4) is 11.4 Å². The predicted octanol–water partition coefficient (Wildman–Crippen LogP) is 4.67. The minimum atomic E-state index is -3.72. The third-order valence-electron chi connectivity index (χ3n) is 5.52. The van der Waals surface area contributed by atoms with Gasteiger partial charge in [-0.05, 0) is 44.5 Å². The second-order valence-electron chi connectivity index (χ2n) is 7.84. The topological polar surface area (TPSA) is 89.2 Å². The highest BCUT2D eigenvalue weighted by Crippen LogP contribution is 2.28. The molecule has 160 valence electrons. The molecule has 0 amide bonds. The lowest BCUT2D eigenvalue weighted by Gasteiger charge is -2.12. The van der Waals surface area contributed by atoms with Crippen molar-refractivity contribution in [2.24, 2.45) is 0 Å². The summed E-state index contributed by atoms with van der Waals surface area (Å²) in [5.74, 6) is 0.546. The Morgan fingerprint density at radius 1 is 0.844 bits per heavy atom. The van der Waals surface area contributed by atoms with E-state index in [-0.39, 0.29) is 4.90 Å². The van der Waals surface area contributed by atoms with E-state index in [4.69, 9.17) is 0 Å². The largest absolute Gasteiger partial charge is 0.279 e. The van der Waals surface area contributed by atoms with Crippen LogP contribution in [0, 0.1) is 20.8 Å². The first kappa shape index (κ1) is 20.1. The van der Waals surface area contributed by atoms with Gasteiger partial charge in [0.15, 0.2) is 11.5 Å². The van der Waals surface area contributed by atoms with E-state index in [0.29, 0.717) is 22.7 Å². The average Bonchev–Trinajstić information content (AvgIpc) is 3.19. The first-order chi connectivity index (χ1) is 15.3. The smallest absolute Gasteiger partial charge is 0.261 e. The Bertz CT molecular complexity index is 1590. The zero-order chi connectivity index (χ0) is 22.5. The first-order valence-electron chi connectivity index (χ1n) is 10.1. The Morgan fingerprint density at radius 2 is 1.56 bits per heavy atom. The molecule has 2 heterocycles. The molecule has 5 aromatic rings. The van der Waals surface area contributed by atoms with Gasteiger partial charge in [-0.2, -0.15) is 9.61 Å². The van der Waals surface area contributed by atoms with Gasteiger partial charge in [0.05, 0.1) is 16.3 Å². The lowest BCUT2D eigenvalue weighted by Crippen LogP contribution is -2.14. The standard InChI is InChI=1S/C24H21N5O2S/c1-15-8-12-19(13-9-15)32(30,31)28-22-14-18(11-10-16(22)2)23-25-26-24-21-7-5-4-6-20(21)17(3)27-29(23)24/h4-14,28H,1-3H3. The zero-order valence-electron chi connectivity index (χ0n) is 17.9. The second-order valence-corrected chi connectivity index (χ2v) is 9.52. The monoisotopic (exact) mass is 443 g/mol. The van der Waals surface area contributed by atoms with Crippen LogP contribution in [0.1, 0.15) is 16.8 Å². The number of sulfonamides is 1. The van der Waals surface area contributed by atoms with Crippen LogP contribution in [0.25, 0.3) is 27.8 Å². The molecule has 0 unspecified atom stereocenters. The van der Waals surface area contributed by atoms with E-state index in [0.717, 1.165) is 27.6 Å². The van der Waals surface area contributed by atoms with Crippen molar-refractivity contribution in [1.29, 1.82) is 0 Å². The molecule has 0 saturated heterocycles. The average molecular weight is 444 g/mol. The molecule has 0 spiro atoms. The third kappa shape index (κ3) is 3.38. The van der Waals surface area contributed by atoms with Gasteiger partial charge >= 0.3 is 0 Å². The fourth-order valence-electron chi connectivity index (χ4n) is 3.71. The van der Waals surface area contributed by atoms with Gasteiger partial charge in [-0.3, -0.25) is 4.72 Å². The van der Waals surface area contributed by atoms with Crippen LogP contribution in [0.15, 0.2) is 71.6 Å². The molecule has 0 radical (unpaired) electrons. The second kappa shape index (κ2) is 7.42. The summed E-state index contributed by atoms with van der Waals surface area (Å²) in [7, 11) is -3.72. The van der Waals surface area contributed by atoms with Crippen molar-refractivity contribution in [2.45, 2.75) is 25.7 Å². The first-order valence-corrected chi connectivity index (χ1v) is 11.6. The van der Waals surface area contributed by atoms with Gasteiger partial charge in [0.25, 0.3) is 10.0 Å². The van der Waals surface area contributed by atoms with Crippen LogP contribution in [-0.4, -0.2) is 28.2 Å². The molecule has 3 aromatic carbocycles. The Labute approximate surface area is 185 Å². The zero-order valence-corrected chi connectivity index (χ0v) is 18.7. The molecular weight excluding hydrogens is 422 g/mol. The number of nitrogens with zero attached hydrogens (tertiary/aromatic N) is 4. The van der Waals surface area contributed by atoms with E-state index < -0.39 is 10.0 Å². The van der Waals surface area contributed by atoms with Crippen LogP contribution >= 0.6 is 0 Å². The maximum atomic E-state index is 12.9. The molecule has 32 heavy (non-hydrogen) atoms. The van der Waals surface area contributed by atoms with Gasteiger partial charge in [-0.25, -0.2) is 8.42 Å². The van der Waals surface area contributed by atoms with Gasteiger partial charge in [0.2, 0.25) is 0 Å². The summed E-state index contributed by atoms with van der Waals surface area (Å²) in [6.07, 6.45) is 0. The van der Waals surface area contributed by atoms with Crippen molar-refractivity contribution in [3.05, 3.63) is 83.6 Å². The summed E-state index contributed by atoms with van der Waals surface area (Å²) in [6.45, 7) is 5.72. The number of rotatable bonds is 4. The highest BCUT2D eigenvalue weighted by Gasteiger charge is 2.18. The quantitative estimate of drug-likeness (QED) is 0.436. The van der Waals surface area contributed by atoms with E-state index in [9.17, 15) is 8.42 Å². The van der Waals surface area contributed by atoms with Gasteiger partial charge in [0.1, 0.15) is 0 Å². The molecule has 5 rings (SSSR count). The number of anilines is 1. The van der Waals surface area contributed by atoms with Crippen LogP contribution in [0.5, 0.6) is 0 Å². The summed E-state index contributed by atoms with van der Waals surface area (Å²) in [6, 6.07) is 20.2. The van der Waals surface area contributed by atoms with E-state index in [2.05, 4.69) is 20.0 Å². The molecule has 0 fully saturated rings.